The number of amides is 3. The Morgan fingerprint density at radius 1 is 0.951 bits per heavy atom. The molecule has 1 unspecified atom stereocenters. The fraction of sp³-hybridized carbons (Fsp3) is 0.444. The second-order valence-electron chi connectivity index (χ2n) is 9.22. The Bertz CT molecular complexity index is 1230. The lowest BCUT2D eigenvalue weighted by atomic mass is 10.1. The molecule has 0 bridgehead atoms. The molecule has 41 heavy (non-hydrogen) atoms. The van der Waals surface area contributed by atoms with Crippen LogP contribution in [0.5, 0.6) is 0 Å². The maximum Gasteiger partial charge on any atom is 0.409 e. The predicted molar refractivity (Wildman–Crippen MR) is 146 cm³/mol. The van der Waals surface area contributed by atoms with Crippen LogP contribution in [0.3, 0.4) is 0 Å². The summed E-state index contributed by atoms with van der Waals surface area (Å²) in [6, 6.07) is 9.16. The van der Waals surface area contributed by atoms with Crippen molar-refractivity contribution in [3.05, 3.63) is 42.1 Å². The number of piperazine rings is 1. The number of benzene rings is 1. The summed E-state index contributed by atoms with van der Waals surface area (Å²) in [7, 11) is 0. The van der Waals surface area contributed by atoms with Crippen molar-refractivity contribution in [3.63, 3.8) is 0 Å². The maximum atomic E-state index is 13.4. The van der Waals surface area contributed by atoms with Crippen LogP contribution in [-0.2, 0) is 19.1 Å². The number of aromatic nitrogens is 2. The Hall–Kier alpha value is -4.75. The maximum absolute atomic E-state index is 13.4. The lowest BCUT2D eigenvalue weighted by Crippen LogP contribution is -2.56. The van der Waals surface area contributed by atoms with Gasteiger partial charge in [0.05, 0.1) is 6.61 Å². The molecule has 1 saturated heterocycles. The Balaban J connectivity index is 1.78. The first-order chi connectivity index (χ1) is 19.7. The zero-order valence-corrected chi connectivity index (χ0v) is 22.7. The van der Waals surface area contributed by atoms with Crippen molar-refractivity contribution in [3.8, 4) is 11.4 Å². The number of rotatable bonds is 13. The molecule has 1 atom stereocenters. The van der Waals surface area contributed by atoms with Gasteiger partial charge in [-0.15, -0.1) is 0 Å². The summed E-state index contributed by atoms with van der Waals surface area (Å²) in [4.78, 5) is 72.6. The summed E-state index contributed by atoms with van der Waals surface area (Å²) >= 11 is 0. The van der Waals surface area contributed by atoms with Gasteiger partial charge in [-0.05, 0) is 19.8 Å². The number of nitrogens with zero attached hydrogens (tertiary/aromatic N) is 4. The van der Waals surface area contributed by atoms with Crippen molar-refractivity contribution in [2.45, 2.75) is 38.6 Å². The summed E-state index contributed by atoms with van der Waals surface area (Å²) < 4.78 is 5.00. The standard InChI is InChI=1S/C27H34N6O8/c1-2-41-27(40)33-15-13-32(14-16-33)26(39)19(10-11-23(36)37)30-25(38)20-17-21(28-12-6-9-22(34)35)31-24(29-20)18-7-4-3-5-8-18/h3-5,7-8,17,19H,2,6,9-16H2,1H3,(H,30,38)(H,34,35)(H,36,37)(H,28,29,31). The third-order valence-corrected chi connectivity index (χ3v) is 6.23. The molecule has 1 aromatic heterocycles. The van der Waals surface area contributed by atoms with Crippen molar-refractivity contribution in [1.82, 2.24) is 25.1 Å². The van der Waals surface area contributed by atoms with Crippen LogP contribution in [0.25, 0.3) is 11.4 Å². The molecule has 220 valence electrons. The van der Waals surface area contributed by atoms with Gasteiger partial charge in [-0.3, -0.25) is 19.2 Å². The van der Waals surface area contributed by atoms with Gasteiger partial charge < -0.3 is 35.4 Å². The molecule has 1 aromatic carbocycles. The SMILES string of the molecule is CCOC(=O)N1CCN(C(=O)C(CCC(=O)O)NC(=O)c2cc(NCCCC(=O)O)nc(-c3ccccc3)n2)CC1. The number of carboxylic acids is 2. The largest absolute Gasteiger partial charge is 0.481 e. The van der Waals surface area contributed by atoms with Gasteiger partial charge in [-0.2, -0.15) is 0 Å². The topological polar surface area (TPSA) is 191 Å². The summed E-state index contributed by atoms with van der Waals surface area (Å²) in [6.45, 7) is 3.11. The normalized spacial score (nSPS) is 13.7. The molecular weight excluding hydrogens is 536 g/mol. The molecule has 1 aliphatic heterocycles. The summed E-state index contributed by atoms with van der Waals surface area (Å²) in [6.07, 6.45) is -0.681. The zero-order chi connectivity index (χ0) is 29.8. The van der Waals surface area contributed by atoms with Crippen LogP contribution >= 0.6 is 0 Å². The van der Waals surface area contributed by atoms with E-state index in [2.05, 4.69) is 20.6 Å². The molecule has 14 nitrogen and oxygen atoms in total. The van der Waals surface area contributed by atoms with E-state index in [4.69, 9.17) is 9.84 Å². The second kappa shape index (κ2) is 15.1. The van der Waals surface area contributed by atoms with Crippen molar-refractivity contribution < 1.29 is 38.9 Å². The number of hydrogen-bond acceptors (Lipinski definition) is 9. The molecular formula is C27H34N6O8. The van der Waals surface area contributed by atoms with Crippen LogP contribution in [0.1, 0.15) is 43.1 Å². The third-order valence-electron chi connectivity index (χ3n) is 6.23. The first kappa shape index (κ1) is 30.8. The van der Waals surface area contributed by atoms with Crippen molar-refractivity contribution in [2.75, 3.05) is 44.6 Å². The molecule has 14 heteroatoms. The summed E-state index contributed by atoms with van der Waals surface area (Å²) in [5.41, 5.74) is 0.577. The van der Waals surface area contributed by atoms with Crippen LogP contribution in [-0.4, -0.2) is 105 Å². The minimum absolute atomic E-state index is 0.0433. The smallest absolute Gasteiger partial charge is 0.409 e. The van der Waals surface area contributed by atoms with E-state index in [9.17, 15) is 29.1 Å². The van der Waals surface area contributed by atoms with E-state index in [0.717, 1.165) is 0 Å². The van der Waals surface area contributed by atoms with Gasteiger partial charge in [-0.25, -0.2) is 14.8 Å². The molecule has 0 spiro atoms. The molecule has 2 heterocycles. The molecule has 3 amide bonds. The van der Waals surface area contributed by atoms with Crippen molar-refractivity contribution in [2.24, 2.45) is 0 Å². The molecule has 0 radical (unpaired) electrons. The highest BCUT2D eigenvalue weighted by Crippen LogP contribution is 2.19. The Morgan fingerprint density at radius 3 is 2.24 bits per heavy atom. The lowest BCUT2D eigenvalue weighted by molar-refractivity contribution is -0.139. The van der Waals surface area contributed by atoms with Crippen LogP contribution in [0.15, 0.2) is 36.4 Å². The minimum atomic E-state index is -1.14. The number of aliphatic carboxylic acids is 2. The fourth-order valence-corrected chi connectivity index (χ4v) is 4.13. The highest BCUT2D eigenvalue weighted by molar-refractivity contribution is 5.97. The van der Waals surface area contributed by atoms with Gasteiger partial charge in [0.15, 0.2) is 5.82 Å². The van der Waals surface area contributed by atoms with E-state index in [-0.39, 0.29) is 75.9 Å². The number of hydrogen-bond donors (Lipinski definition) is 4. The van der Waals surface area contributed by atoms with E-state index in [1.165, 1.54) is 15.9 Å². The molecule has 3 rings (SSSR count). The highest BCUT2D eigenvalue weighted by Gasteiger charge is 2.31. The van der Waals surface area contributed by atoms with Gasteiger partial charge >= 0.3 is 18.0 Å². The van der Waals surface area contributed by atoms with Gasteiger partial charge in [0.2, 0.25) is 5.91 Å². The Labute approximate surface area is 236 Å². The van der Waals surface area contributed by atoms with Crippen LogP contribution in [0.4, 0.5) is 10.6 Å². The first-order valence-corrected chi connectivity index (χ1v) is 13.3. The summed E-state index contributed by atoms with van der Waals surface area (Å²) in [5, 5.41) is 23.7. The van der Waals surface area contributed by atoms with E-state index >= 15 is 0 Å². The lowest BCUT2D eigenvalue weighted by Gasteiger charge is -2.35. The Morgan fingerprint density at radius 2 is 1.61 bits per heavy atom. The third kappa shape index (κ3) is 9.44. The van der Waals surface area contributed by atoms with E-state index in [1.54, 1.807) is 31.2 Å². The van der Waals surface area contributed by atoms with Gasteiger partial charge in [-0.1, -0.05) is 30.3 Å². The molecule has 1 aliphatic rings. The van der Waals surface area contributed by atoms with Crippen LogP contribution in [0.2, 0.25) is 0 Å². The molecule has 2 aromatic rings. The zero-order valence-electron chi connectivity index (χ0n) is 22.7. The number of carbonyl (C=O) groups excluding carboxylic acids is 3. The van der Waals surface area contributed by atoms with Crippen LogP contribution in [0, 0.1) is 0 Å². The first-order valence-electron chi connectivity index (χ1n) is 13.3. The fourth-order valence-electron chi connectivity index (χ4n) is 4.13. The minimum Gasteiger partial charge on any atom is -0.481 e. The molecule has 0 saturated carbocycles. The quantitative estimate of drug-likeness (QED) is 0.256. The van der Waals surface area contributed by atoms with E-state index < -0.39 is 35.9 Å². The number of anilines is 1. The number of carbonyl (C=O) groups is 5. The van der Waals surface area contributed by atoms with Crippen molar-refractivity contribution in [1.29, 1.82) is 0 Å². The van der Waals surface area contributed by atoms with E-state index in [0.29, 0.717) is 12.0 Å². The molecule has 0 aliphatic carbocycles. The average Bonchev–Trinajstić information content (AvgIpc) is 2.97. The average molecular weight is 571 g/mol. The number of carboxylic acid groups (broad SMARTS) is 2. The molecule has 1 fully saturated rings. The van der Waals surface area contributed by atoms with E-state index in [1.807, 2.05) is 6.07 Å². The second-order valence-corrected chi connectivity index (χ2v) is 9.22. The summed E-state index contributed by atoms with van der Waals surface area (Å²) in [5.74, 6) is -2.69. The number of nitrogens with one attached hydrogen (secondary N) is 2. The van der Waals surface area contributed by atoms with Gasteiger partial charge in [0.25, 0.3) is 5.91 Å². The Kier molecular flexibility index (Phi) is 11.4. The van der Waals surface area contributed by atoms with Crippen LogP contribution < -0.4 is 10.6 Å². The highest BCUT2D eigenvalue weighted by atomic mass is 16.6. The molecule has 4 N–H and O–H groups in total. The monoisotopic (exact) mass is 570 g/mol. The predicted octanol–water partition coefficient (Wildman–Crippen LogP) is 1.68. The van der Waals surface area contributed by atoms with Crippen molar-refractivity contribution >= 4 is 35.7 Å². The van der Waals surface area contributed by atoms with Gasteiger partial charge in [0.1, 0.15) is 17.6 Å². The number of ether oxygens (including phenoxy) is 1. The van der Waals surface area contributed by atoms with Gasteiger partial charge in [0, 0.05) is 57.2 Å².